The van der Waals surface area contributed by atoms with E-state index in [0.29, 0.717) is 38.3 Å². The number of likely N-dealkylation sites (tertiary alicyclic amines) is 1. The van der Waals surface area contributed by atoms with Crippen LogP contribution in [0.5, 0.6) is 0 Å². The van der Waals surface area contributed by atoms with Crippen molar-refractivity contribution in [2.24, 2.45) is 5.92 Å². The van der Waals surface area contributed by atoms with Crippen molar-refractivity contribution in [1.82, 2.24) is 14.9 Å². The monoisotopic (exact) mass is 373 g/mol. The second kappa shape index (κ2) is 8.49. The van der Waals surface area contributed by atoms with Gasteiger partial charge in [0.25, 0.3) is 0 Å². The van der Waals surface area contributed by atoms with Gasteiger partial charge in [-0.3, -0.25) is 9.59 Å². The lowest BCUT2D eigenvalue weighted by Crippen LogP contribution is -2.41. The number of hydrogen-bond acceptors (Lipinski definition) is 6. The topological polar surface area (TPSA) is 72.4 Å². The molecule has 138 valence electrons. The third-order valence-electron chi connectivity index (χ3n) is 4.50. The van der Waals surface area contributed by atoms with Crippen LogP contribution in [0.4, 0.5) is 0 Å². The van der Waals surface area contributed by atoms with E-state index in [4.69, 9.17) is 4.74 Å². The van der Waals surface area contributed by atoms with Crippen molar-refractivity contribution in [1.29, 1.82) is 0 Å². The zero-order chi connectivity index (χ0) is 18.5. The van der Waals surface area contributed by atoms with Gasteiger partial charge in [0.05, 0.1) is 35.0 Å². The molecule has 0 aliphatic carbocycles. The molecule has 0 N–H and O–H groups in total. The second-order valence-electron chi connectivity index (χ2n) is 6.30. The molecule has 3 rings (SSSR count). The highest BCUT2D eigenvalue weighted by atomic mass is 32.2. The Morgan fingerprint density at radius 1 is 1.19 bits per heavy atom. The number of carbonyl (C=O) groups is 2. The summed E-state index contributed by atoms with van der Waals surface area (Å²) in [6.45, 7) is 5.33. The molecule has 1 aliphatic rings. The molecule has 1 aliphatic heterocycles. The molecule has 1 fully saturated rings. The van der Waals surface area contributed by atoms with Gasteiger partial charge in [-0.1, -0.05) is 23.9 Å². The predicted octanol–water partition coefficient (Wildman–Crippen LogP) is 2.83. The summed E-state index contributed by atoms with van der Waals surface area (Å²) in [5, 5.41) is 0.790. The third kappa shape index (κ3) is 4.33. The molecule has 2 aromatic rings. The number of nitrogens with zero attached hydrogens (tertiary/aromatic N) is 3. The van der Waals surface area contributed by atoms with Gasteiger partial charge in [-0.05, 0) is 38.8 Å². The van der Waals surface area contributed by atoms with Gasteiger partial charge in [-0.25, -0.2) is 9.97 Å². The van der Waals surface area contributed by atoms with E-state index < -0.39 is 0 Å². The quantitative estimate of drug-likeness (QED) is 0.593. The summed E-state index contributed by atoms with van der Waals surface area (Å²) < 4.78 is 5.07. The van der Waals surface area contributed by atoms with Gasteiger partial charge in [0.1, 0.15) is 5.03 Å². The molecule has 26 heavy (non-hydrogen) atoms. The molecule has 1 aromatic carbocycles. The molecule has 1 amide bonds. The fourth-order valence-corrected chi connectivity index (χ4v) is 3.92. The van der Waals surface area contributed by atoms with Gasteiger partial charge in [0, 0.05) is 13.1 Å². The van der Waals surface area contributed by atoms with E-state index in [1.165, 1.54) is 11.8 Å². The maximum Gasteiger partial charge on any atom is 0.309 e. The normalized spacial score (nSPS) is 15.2. The number of aromatic nitrogens is 2. The highest BCUT2D eigenvalue weighted by molar-refractivity contribution is 7.99. The SMILES string of the molecule is CCOC(=O)C1CCN(C(=O)CSc2nc3ccccc3nc2C)CC1. The first kappa shape index (κ1) is 18.6. The number of hydrogen-bond donors (Lipinski definition) is 0. The number of carbonyl (C=O) groups excluding carboxylic acids is 2. The number of thioether (sulfide) groups is 1. The first-order chi connectivity index (χ1) is 12.6. The van der Waals surface area contributed by atoms with Crippen LogP contribution in [0.25, 0.3) is 11.0 Å². The number of amides is 1. The van der Waals surface area contributed by atoms with Crippen LogP contribution in [0.15, 0.2) is 29.3 Å². The minimum absolute atomic E-state index is 0.0756. The fraction of sp³-hybridized carbons (Fsp3) is 0.474. The van der Waals surface area contributed by atoms with Crippen molar-refractivity contribution < 1.29 is 14.3 Å². The Labute approximate surface area is 157 Å². The summed E-state index contributed by atoms with van der Waals surface area (Å²) in [6.07, 6.45) is 1.34. The number of benzene rings is 1. The summed E-state index contributed by atoms with van der Waals surface area (Å²) >= 11 is 1.42. The molecular weight excluding hydrogens is 350 g/mol. The van der Waals surface area contributed by atoms with E-state index in [2.05, 4.69) is 9.97 Å². The number of ether oxygens (including phenoxy) is 1. The number of rotatable bonds is 5. The minimum atomic E-state index is -0.143. The average molecular weight is 373 g/mol. The Hall–Kier alpha value is -2.15. The van der Waals surface area contributed by atoms with E-state index >= 15 is 0 Å². The zero-order valence-corrected chi connectivity index (χ0v) is 15.9. The Morgan fingerprint density at radius 3 is 2.50 bits per heavy atom. The summed E-state index contributed by atoms with van der Waals surface area (Å²) in [5.74, 6) is 0.181. The number of para-hydroxylation sites is 2. The minimum Gasteiger partial charge on any atom is -0.466 e. The molecule has 6 nitrogen and oxygen atoms in total. The lowest BCUT2D eigenvalue weighted by atomic mass is 9.97. The predicted molar refractivity (Wildman–Crippen MR) is 101 cm³/mol. The molecule has 0 atom stereocenters. The van der Waals surface area contributed by atoms with Crippen LogP contribution in [0.2, 0.25) is 0 Å². The average Bonchev–Trinajstić information content (AvgIpc) is 2.66. The van der Waals surface area contributed by atoms with Gasteiger partial charge in [-0.2, -0.15) is 0 Å². The highest BCUT2D eigenvalue weighted by Gasteiger charge is 2.28. The van der Waals surface area contributed by atoms with Crippen LogP contribution in [0.3, 0.4) is 0 Å². The smallest absolute Gasteiger partial charge is 0.309 e. The Balaban J connectivity index is 1.55. The van der Waals surface area contributed by atoms with Crippen LogP contribution < -0.4 is 0 Å². The van der Waals surface area contributed by atoms with Gasteiger partial charge in [0.2, 0.25) is 5.91 Å². The van der Waals surface area contributed by atoms with Crippen molar-refractivity contribution in [2.75, 3.05) is 25.4 Å². The van der Waals surface area contributed by atoms with E-state index in [9.17, 15) is 9.59 Å². The highest BCUT2D eigenvalue weighted by Crippen LogP contribution is 2.24. The summed E-state index contributed by atoms with van der Waals surface area (Å²) in [7, 11) is 0. The molecule has 0 radical (unpaired) electrons. The molecule has 0 saturated carbocycles. The van der Waals surface area contributed by atoms with E-state index in [1.807, 2.05) is 43.0 Å². The van der Waals surface area contributed by atoms with Gasteiger partial charge in [0.15, 0.2) is 0 Å². The summed E-state index contributed by atoms with van der Waals surface area (Å²) in [4.78, 5) is 35.3. The van der Waals surface area contributed by atoms with Crippen molar-refractivity contribution in [2.45, 2.75) is 31.7 Å². The van der Waals surface area contributed by atoms with Crippen LogP contribution >= 0.6 is 11.8 Å². The lowest BCUT2D eigenvalue weighted by Gasteiger charge is -2.30. The molecule has 0 spiro atoms. The summed E-state index contributed by atoms with van der Waals surface area (Å²) in [6, 6.07) is 7.72. The molecule has 1 saturated heterocycles. The first-order valence-corrected chi connectivity index (χ1v) is 9.87. The zero-order valence-electron chi connectivity index (χ0n) is 15.1. The third-order valence-corrected chi connectivity index (χ3v) is 5.55. The maximum atomic E-state index is 12.5. The van der Waals surface area contributed by atoms with Crippen molar-refractivity contribution in [3.8, 4) is 0 Å². The standard InChI is InChI=1S/C19H23N3O3S/c1-3-25-19(24)14-8-10-22(11-9-14)17(23)12-26-18-13(2)20-15-6-4-5-7-16(15)21-18/h4-7,14H,3,8-12H2,1-2H3. The van der Waals surface area contributed by atoms with E-state index in [1.54, 1.807) is 0 Å². The molecule has 1 aromatic heterocycles. The maximum absolute atomic E-state index is 12.5. The van der Waals surface area contributed by atoms with Gasteiger partial charge >= 0.3 is 5.97 Å². The fourth-order valence-electron chi connectivity index (χ4n) is 3.05. The molecular formula is C19H23N3O3S. The Kier molecular flexibility index (Phi) is 6.08. The Bertz CT molecular complexity index is 804. The number of fused-ring (bicyclic) bond motifs is 1. The summed E-state index contributed by atoms with van der Waals surface area (Å²) in [5.41, 5.74) is 2.53. The van der Waals surface area contributed by atoms with E-state index in [-0.39, 0.29) is 17.8 Å². The molecule has 0 bridgehead atoms. The van der Waals surface area contributed by atoms with Crippen LogP contribution in [0.1, 0.15) is 25.5 Å². The molecule has 0 unspecified atom stereocenters. The van der Waals surface area contributed by atoms with Crippen LogP contribution in [-0.2, 0) is 14.3 Å². The van der Waals surface area contributed by atoms with Gasteiger partial charge in [-0.15, -0.1) is 0 Å². The van der Waals surface area contributed by atoms with Crippen molar-refractivity contribution >= 4 is 34.7 Å². The van der Waals surface area contributed by atoms with Crippen molar-refractivity contribution in [3.05, 3.63) is 30.0 Å². The molecule has 7 heteroatoms. The first-order valence-electron chi connectivity index (χ1n) is 8.89. The van der Waals surface area contributed by atoms with Crippen LogP contribution in [-0.4, -0.2) is 52.2 Å². The number of esters is 1. The largest absolute Gasteiger partial charge is 0.466 e. The van der Waals surface area contributed by atoms with Gasteiger partial charge < -0.3 is 9.64 Å². The number of aryl methyl sites for hydroxylation is 1. The van der Waals surface area contributed by atoms with E-state index in [0.717, 1.165) is 21.8 Å². The Morgan fingerprint density at radius 2 is 1.85 bits per heavy atom. The number of piperidine rings is 1. The van der Waals surface area contributed by atoms with Crippen LogP contribution in [0, 0.1) is 12.8 Å². The van der Waals surface area contributed by atoms with Crippen molar-refractivity contribution in [3.63, 3.8) is 0 Å². The second-order valence-corrected chi connectivity index (χ2v) is 7.26. The molecule has 2 heterocycles. The lowest BCUT2D eigenvalue weighted by molar-refractivity contribution is -0.151.